The molecule has 0 saturated heterocycles. The molecule has 2 rings (SSSR count). The monoisotopic (exact) mass is 283 g/mol. The van der Waals surface area contributed by atoms with Gasteiger partial charge in [0.25, 0.3) is 0 Å². The van der Waals surface area contributed by atoms with Crippen LogP contribution in [0.2, 0.25) is 0 Å². The minimum Gasteiger partial charge on any atom is -0.480 e. The molecule has 0 radical (unpaired) electrons. The number of hydrogen-bond acceptors (Lipinski definition) is 8. The van der Waals surface area contributed by atoms with Gasteiger partial charge < -0.3 is 20.7 Å². The smallest absolute Gasteiger partial charge is 0.326 e. The zero-order valence-corrected chi connectivity index (χ0v) is 11.0. The van der Waals surface area contributed by atoms with E-state index in [9.17, 15) is 4.79 Å². The molecule has 0 aliphatic carbocycles. The van der Waals surface area contributed by atoms with Crippen LogP contribution < -0.4 is 11.1 Å². The van der Waals surface area contributed by atoms with Crippen molar-refractivity contribution in [3.63, 3.8) is 0 Å². The first-order valence-corrected chi connectivity index (χ1v) is 6.41. The summed E-state index contributed by atoms with van der Waals surface area (Å²) in [5.41, 5.74) is 5.80. The van der Waals surface area contributed by atoms with Crippen LogP contribution in [-0.4, -0.2) is 32.7 Å². The summed E-state index contributed by atoms with van der Waals surface area (Å²) in [6.07, 6.45) is 0.594. The molecule has 102 valence electrons. The van der Waals surface area contributed by atoms with Crippen molar-refractivity contribution in [2.24, 2.45) is 5.73 Å². The number of thiazole rings is 1. The summed E-state index contributed by atoms with van der Waals surface area (Å²) in [6, 6.07) is -1.09. The molecule has 1 unspecified atom stereocenters. The Morgan fingerprint density at radius 1 is 1.63 bits per heavy atom. The van der Waals surface area contributed by atoms with Gasteiger partial charge in [-0.3, -0.25) is 4.79 Å². The number of carboxylic acids is 1. The van der Waals surface area contributed by atoms with Crippen LogP contribution in [0.25, 0.3) is 0 Å². The second-order valence-corrected chi connectivity index (χ2v) is 4.66. The normalized spacial score (nSPS) is 12.3. The van der Waals surface area contributed by atoms with E-state index < -0.39 is 12.0 Å². The Morgan fingerprint density at radius 3 is 3.05 bits per heavy atom. The Labute approximate surface area is 112 Å². The van der Waals surface area contributed by atoms with E-state index >= 15 is 0 Å². The number of nitrogens with one attached hydrogen (secondary N) is 1. The summed E-state index contributed by atoms with van der Waals surface area (Å²) in [4.78, 5) is 18.9. The number of anilines is 1. The number of aromatic nitrogens is 3. The molecule has 9 heteroatoms. The maximum Gasteiger partial charge on any atom is 0.326 e. The molecule has 2 heterocycles. The number of carbonyl (C=O) groups is 1. The maximum atomic E-state index is 10.7. The molecule has 1 atom stereocenters. The maximum absolute atomic E-state index is 10.7. The molecule has 0 fully saturated rings. The van der Waals surface area contributed by atoms with Crippen LogP contribution >= 0.6 is 11.3 Å². The quantitative estimate of drug-likeness (QED) is 0.702. The number of nitrogens with two attached hydrogens (primary N) is 1. The van der Waals surface area contributed by atoms with Crippen molar-refractivity contribution in [1.29, 1.82) is 0 Å². The molecule has 19 heavy (non-hydrogen) atoms. The largest absolute Gasteiger partial charge is 0.480 e. The third-order valence-electron chi connectivity index (χ3n) is 2.30. The highest BCUT2D eigenvalue weighted by atomic mass is 32.1. The molecular formula is C10H13N5O3S. The van der Waals surface area contributed by atoms with Gasteiger partial charge in [0.2, 0.25) is 5.89 Å². The van der Waals surface area contributed by atoms with Crippen LogP contribution in [0.3, 0.4) is 0 Å². The highest BCUT2D eigenvalue weighted by Gasteiger charge is 2.17. The van der Waals surface area contributed by atoms with Crippen molar-refractivity contribution in [3.8, 4) is 0 Å². The first-order chi connectivity index (χ1) is 9.06. The predicted molar refractivity (Wildman–Crippen MR) is 67.9 cm³/mol. The summed E-state index contributed by atoms with van der Waals surface area (Å²) >= 11 is 1.31. The fourth-order valence-corrected chi connectivity index (χ4v) is 2.14. The van der Waals surface area contributed by atoms with Gasteiger partial charge in [0.15, 0.2) is 11.0 Å². The number of aliphatic carboxylic acids is 1. The van der Waals surface area contributed by atoms with E-state index in [-0.39, 0.29) is 0 Å². The van der Waals surface area contributed by atoms with Gasteiger partial charge in [-0.15, -0.1) is 11.3 Å². The van der Waals surface area contributed by atoms with Crippen molar-refractivity contribution in [2.75, 3.05) is 11.9 Å². The Morgan fingerprint density at radius 2 is 2.42 bits per heavy atom. The Hall–Kier alpha value is -2.00. The van der Waals surface area contributed by atoms with Crippen LogP contribution in [0.4, 0.5) is 5.13 Å². The number of rotatable bonds is 6. The van der Waals surface area contributed by atoms with Crippen molar-refractivity contribution in [3.05, 3.63) is 22.8 Å². The molecule has 0 aromatic carbocycles. The fourth-order valence-electron chi connectivity index (χ4n) is 1.36. The van der Waals surface area contributed by atoms with Crippen LogP contribution in [0, 0.1) is 6.92 Å². The number of hydrogen-bond donors (Lipinski definition) is 3. The lowest BCUT2D eigenvalue weighted by Crippen LogP contribution is -2.21. The molecule has 2 aromatic heterocycles. The van der Waals surface area contributed by atoms with Gasteiger partial charge in [-0.1, -0.05) is 5.16 Å². The first kappa shape index (κ1) is 13.4. The molecule has 0 spiro atoms. The predicted octanol–water partition coefficient (Wildman–Crippen LogP) is 0.574. The Balaban J connectivity index is 1.85. The lowest BCUT2D eigenvalue weighted by atomic mass is 10.2. The van der Waals surface area contributed by atoms with Crippen molar-refractivity contribution in [2.45, 2.75) is 19.4 Å². The lowest BCUT2D eigenvalue weighted by Gasteiger charge is -2.01. The van der Waals surface area contributed by atoms with Crippen LogP contribution in [0.1, 0.15) is 23.5 Å². The molecular weight excluding hydrogens is 270 g/mol. The summed E-state index contributed by atoms with van der Waals surface area (Å²) < 4.78 is 4.85. The number of nitrogens with zero attached hydrogens (tertiary/aromatic N) is 3. The second-order valence-electron chi connectivity index (χ2n) is 3.80. The van der Waals surface area contributed by atoms with Crippen molar-refractivity contribution in [1.82, 2.24) is 15.1 Å². The second kappa shape index (κ2) is 5.76. The van der Waals surface area contributed by atoms with Gasteiger partial charge in [0.05, 0.1) is 5.69 Å². The van der Waals surface area contributed by atoms with E-state index in [0.717, 1.165) is 0 Å². The van der Waals surface area contributed by atoms with E-state index in [1.165, 1.54) is 11.3 Å². The van der Waals surface area contributed by atoms with E-state index in [4.69, 9.17) is 15.4 Å². The summed E-state index contributed by atoms with van der Waals surface area (Å²) in [5, 5.41) is 17.8. The van der Waals surface area contributed by atoms with Crippen molar-refractivity contribution >= 4 is 22.4 Å². The first-order valence-electron chi connectivity index (χ1n) is 5.53. The number of aryl methyl sites for hydroxylation is 1. The van der Waals surface area contributed by atoms with Gasteiger partial charge in [-0.05, 0) is 0 Å². The Kier molecular flexibility index (Phi) is 4.07. The fraction of sp³-hybridized carbons (Fsp3) is 0.400. The van der Waals surface area contributed by atoms with Crippen LogP contribution in [-0.2, 0) is 11.2 Å². The standard InChI is InChI=1S/C10H13N5O3S/c1-5-13-7(15-18-5)2-3-12-10-14-6(4-19-10)8(11)9(16)17/h4,8H,2-3,11H2,1H3,(H,12,14)(H,16,17). The molecule has 4 N–H and O–H groups in total. The highest BCUT2D eigenvalue weighted by molar-refractivity contribution is 7.13. The van der Waals surface area contributed by atoms with E-state index in [1.54, 1.807) is 12.3 Å². The average Bonchev–Trinajstić information content (AvgIpc) is 2.98. The van der Waals surface area contributed by atoms with Crippen molar-refractivity contribution < 1.29 is 14.4 Å². The number of carboxylic acid groups (broad SMARTS) is 1. The summed E-state index contributed by atoms with van der Waals surface area (Å²) in [5.74, 6) is 0.0436. The van der Waals surface area contributed by atoms with Crippen LogP contribution in [0.5, 0.6) is 0 Å². The van der Waals surface area contributed by atoms with Gasteiger partial charge in [-0.2, -0.15) is 4.98 Å². The third-order valence-corrected chi connectivity index (χ3v) is 3.12. The SMILES string of the molecule is Cc1nc(CCNc2nc(C(N)C(=O)O)cs2)no1. The van der Waals surface area contributed by atoms with E-state index in [1.807, 2.05) is 0 Å². The summed E-state index contributed by atoms with van der Waals surface area (Å²) in [7, 11) is 0. The van der Waals surface area contributed by atoms with E-state index in [2.05, 4.69) is 20.4 Å². The molecule has 0 amide bonds. The molecule has 0 bridgehead atoms. The molecule has 0 saturated carbocycles. The highest BCUT2D eigenvalue weighted by Crippen LogP contribution is 2.19. The molecule has 8 nitrogen and oxygen atoms in total. The molecule has 0 aliphatic rings. The Bertz CT molecular complexity index is 567. The van der Waals surface area contributed by atoms with Gasteiger partial charge in [0, 0.05) is 25.3 Å². The zero-order valence-electron chi connectivity index (χ0n) is 10.2. The third kappa shape index (κ3) is 3.48. The van der Waals surface area contributed by atoms with Crippen LogP contribution in [0.15, 0.2) is 9.90 Å². The van der Waals surface area contributed by atoms with E-state index in [0.29, 0.717) is 35.5 Å². The van der Waals surface area contributed by atoms with Gasteiger partial charge in [-0.25, -0.2) is 4.98 Å². The lowest BCUT2D eigenvalue weighted by molar-refractivity contribution is -0.138. The minimum atomic E-state index is -1.10. The van der Waals surface area contributed by atoms with Gasteiger partial charge >= 0.3 is 5.97 Å². The average molecular weight is 283 g/mol. The zero-order chi connectivity index (χ0) is 13.8. The molecule has 0 aliphatic heterocycles. The summed E-state index contributed by atoms with van der Waals surface area (Å²) in [6.45, 7) is 2.30. The topological polar surface area (TPSA) is 127 Å². The minimum absolute atomic E-state index is 0.343. The van der Waals surface area contributed by atoms with Gasteiger partial charge in [0.1, 0.15) is 6.04 Å². The molecule has 2 aromatic rings.